The van der Waals surface area contributed by atoms with Gasteiger partial charge < -0.3 is 4.74 Å². The number of benzene rings is 1. The molecule has 1 atom stereocenters. The Bertz CT molecular complexity index is 442. The molecule has 5 heteroatoms. The Hall–Kier alpha value is -1.06. The fraction of sp³-hybridized carbons (Fsp3) is 0.333. The molecule has 1 aliphatic rings. The summed E-state index contributed by atoms with van der Waals surface area (Å²) in [5.74, 6) is -0.971. The third kappa shape index (κ3) is 2.45. The van der Waals surface area contributed by atoms with E-state index in [4.69, 9.17) is 27.9 Å². The standard InChI is InChI=1S/C12H10Cl2O3/c13-12(14)9(6-10(12)15)7-17-11(16)8-4-2-1-3-5-8/h1-5,9H,6-7H2. The summed E-state index contributed by atoms with van der Waals surface area (Å²) < 4.78 is 3.66. The highest BCUT2D eigenvalue weighted by Crippen LogP contribution is 2.44. The van der Waals surface area contributed by atoms with Crippen molar-refractivity contribution in [1.82, 2.24) is 0 Å². The SMILES string of the molecule is O=C(OCC1CC(=O)C1(Cl)Cl)c1ccccc1. The highest BCUT2D eigenvalue weighted by atomic mass is 35.5. The molecule has 1 aromatic rings. The number of rotatable bonds is 3. The Balaban J connectivity index is 1.88. The summed E-state index contributed by atoms with van der Waals surface area (Å²) in [5, 5.41) is 0. The van der Waals surface area contributed by atoms with E-state index in [2.05, 4.69) is 0 Å². The summed E-state index contributed by atoms with van der Waals surface area (Å²) in [5.41, 5.74) is 0.466. The summed E-state index contributed by atoms with van der Waals surface area (Å²) >= 11 is 11.5. The lowest BCUT2D eigenvalue weighted by molar-refractivity contribution is -0.129. The first-order valence-electron chi connectivity index (χ1n) is 5.15. The van der Waals surface area contributed by atoms with Gasteiger partial charge in [0, 0.05) is 12.3 Å². The Morgan fingerprint density at radius 1 is 1.35 bits per heavy atom. The second-order valence-electron chi connectivity index (χ2n) is 3.91. The second-order valence-corrected chi connectivity index (χ2v) is 5.30. The fourth-order valence-corrected chi connectivity index (χ4v) is 2.02. The van der Waals surface area contributed by atoms with Gasteiger partial charge in [-0.3, -0.25) is 4.79 Å². The van der Waals surface area contributed by atoms with Crippen molar-refractivity contribution in [3.63, 3.8) is 0 Å². The van der Waals surface area contributed by atoms with E-state index in [1.807, 2.05) is 6.07 Å². The maximum atomic E-state index is 11.6. The van der Waals surface area contributed by atoms with Crippen molar-refractivity contribution in [3.05, 3.63) is 35.9 Å². The number of esters is 1. The zero-order chi connectivity index (χ0) is 12.5. The molecule has 90 valence electrons. The number of alkyl halides is 2. The maximum absolute atomic E-state index is 11.6. The minimum atomic E-state index is -1.39. The third-order valence-corrected chi connectivity index (χ3v) is 3.78. The van der Waals surface area contributed by atoms with Crippen LogP contribution in [0.25, 0.3) is 0 Å². The van der Waals surface area contributed by atoms with Crippen LogP contribution in [0.1, 0.15) is 16.8 Å². The van der Waals surface area contributed by atoms with Gasteiger partial charge in [0.05, 0.1) is 12.2 Å². The molecule has 2 rings (SSSR count). The van der Waals surface area contributed by atoms with E-state index in [0.29, 0.717) is 5.56 Å². The van der Waals surface area contributed by atoms with Crippen molar-refractivity contribution in [2.45, 2.75) is 10.8 Å². The number of ketones is 1. The summed E-state index contributed by atoms with van der Waals surface area (Å²) in [7, 11) is 0. The highest BCUT2D eigenvalue weighted by molar-refractivity contribution is 6.60. The number of hydrogen-bond acceptors (Lipinski definition) is 3. The summed E-state index contributed by atoms with van der Waals surface area (Å²) in [4.78, 5) is 22.7. The lowest BCUT2D eigenvalue weighted by Crippen LogP contribution is -2.49. The van der Waals surface area contributed by atoms with Gasteiger partial charge >= 0.3 is 5.97 Å². The molecule has 0 heterocycles. The molecule has 0 radical (unpaired) electrons. The Kier molecular flexibility index (Phi) is 3.40. The normalized spacial score (nSPS) is 21.8. The number of halogens is 2. The van der Waals surface area contributed by atoms with E-state index in [1.165, 1.54) is 0 Å². The van der Waals surface area contributed by atoms with Gasteiger partial charge in [-0.15, -0.1) is 0 Å². The van der Waals surface area contributed by atoms with Crippen LogP contribution in [0.5, 0.6) is 0 Å². The number of Topliss-reactive ketones (excluding diaryl/α,β-unsaturated/α-hetero) is 1. The first kappa shape index (κ1) is 12.4. The number of hydrogen-bond donors (Lipinski definition) is 0. The topological polar surface area (TPSA) is 43.4 Å². The molecule has 0 saturated heterocycles. The molecule has 0 spiro atoms. The largest absolute Gasteiger partial charge is 0.462 e. The van der Waals surface area contributed by atoms with E-state index in [-0.39, 0.29) is 24.7 Å². The predicted octanol–water partition coefficient (Wildman–Crippen LogP) is 2.61. The van der Waals surface area contributed by atoms with Gasteiger partial charge in [0.1, 0.15) is 0 Å². The van der Waals surface area contributed by atoms with E-state index in [9.17, 15) is 9.59 Å². The first-order chi connectivity index (χ1) is 8.01. The van der Waals surface area contributed by atoms with E-state index in [1.54, 1.807) is 24.3 Å². The summed E-state index contributed by atoms with van der Waals surface area (Å²) in [6, 6.07) is 8.61. The van der Waals surface area contributed by atoms with Crippen LogP contribution >= 0.6 is 23.2 Å². The fourth-order valence-electron chi connectivity index (χ4n) is 1.58. The van der Waals surface area contributed by atoms with Gasteiger partial charge in [-0.05, 0) is 12.1 Å². The average Bonchev–Trinajstić information content (AvgIpc) is 2.35. The van der Waals surface area contributed by atoms with Crippen molar-refractivity contribution in [2.75, 3.05) is 6.61 Å². The molecule has 0 amide bonds. The van der Waals surface area contributed by atoms with Crippen molar-refractivity contribution >= 4 is 35.0 Å². The lowest BCUT2D eigenvalue weighted by atomic mass is 9.83. The highest BCUT2D eigenvalue weighted by Gasteiger charge is 2.53. The molecule has 17 heavy (non-hydrogen) atoms. The van der Waals surface area contributed by atoms with Crippen molar-refractivity contribution in [2.24, 2.45) is 5.92 Å². The minimum Gasteiger partial charge on any atom is -0.462 e. The summed E-state index contributed by atoms with van der Waals surface area (Å²) in [6.45, 7) is 0.0620. The van der Waals surface area contributed by atoms with Crippen LogP contribution in [-0.4, -0.2) is 22.7 Å². The van der Waals surface area contributed by atoms with Gasteiger partial charge in [-0.25, -0.2) is 4.79 Å². The minimum absolute atomic E-state index is 0.0620. The van der Waals surface area contributed by atoms with Gasteiger partial charge in [-0.1, -0.05) is 41.4 Å². The third-order valence-electron chi connectivity index (χ3n) is 2.74. The van der Waals surface area contributed by atoms with Crippen LogP contribution in [-0.2, 0) is 9.53 Å². The van der Waals surface area contributed by atoms with Crippen LogP contribution in [0.3, 0.4) is 0 Å². The zero-order valence-corrected chi connectivity index (χ0v) is 10.4. The Labute approximate surface area is 109 Å². The predicted molar refractivity (Wildman–Crippen MR) is 64.3 cm³/mol. The molecule has 0 aliphatic heterocycles. The first-order valence-corrected chi connectivity index (χ1v) is 5.90. The molecule has 1 aromatic carbocycles. The van der Waals surface area contributed by atoms with Crippen LogP contribution in [0.15, 0.2) is 30.3 Å². The molecule has 0 bridgehead atoms. The molecular weight excluding hydrogens is 263 g/mol. The number of carbonyl (C=O) groups excluding carboxylic acids is 2. The van der Waals surface area contributed by atoms with E-state index < -0.39 is 10.3 Å². The van der Waals surface area contributed by atoms with Gasteiger partial charge in [0.15, 0.2) is 10.1 Å². The molecule has 1 aliphatic carbocycles. The smallest absolute Gasteiger partial charge is 0.338 e. The van der Waals surface area contributed by atoms with Gasteiger partial charge in [0.25, 0.3) is 0 Å². The van der Waals surface area contributed by atoms with Gasteiger partial charge in [-0.2, -0.15) is 0 Å². The monoisotopic (exact) mass is 272 g/mol. The van der Waals surface area contributed by atoms with Crippen LogP contribution in [0, 0.1) is 5.92 Å². The number of carbonyl (C=O) groups is 2. The van der Waals surface area contributed by atoms with Crippen LogP contribution < -0.4 is 0 Å². The van der Waals surface area contributed by atoms with Crippen molar-refractivity contribution in [1.29, 1.82) is 0 Å². The molecule has 0 N–H and O–H groups in total. The van der Waals surface area contributed by atoms with Gasteiger partial charge in [0.2, 0.25) is 0 Å². The molecule has 1 unspecified atom stereocenters. The van der Waals surface area contributed by atoms with Crippen LogP contribution in [0.4, 0.5) is 0 Å². The molecule has 0 aromatic heterocycles. The number of ether oxygens (including phenoxy) is 1. The second kappa shape index (κ2) is 4.67. The molecule has 3 nitrogen and oxygen atoms in total. The van der Waals surface area contributed by atoms with E-state index in [0.717, 1.165) is 0 Å². The Morgan fingerprint density at radius 2 is 2.00 bits per heavy atom. The van der Waals surface area contributed by atoms with Crippen molar-refractivity contribution in [3.8, 4) is 0 Å². The van der Waals surface area contributed by atoms with Crippen molar-refractivity contribution < 1.29 is 14.3 Å². The average molecular weight is 273 g/mol. The molecule has 1 saturated carbocycles. The lowest BCUT2D eigenvalue weighted by Gasteiger charge is -2.36. The molecular formula is C12H10Cl2O3. The Morgan fingerprint density at radius 3 is 2.53 bits per heavy atom. The quantitative estimate of drug-likeness (QED) is 0.628. The molecule has 1 fully saturated rings. The summed E-state index contributed by atoms with van der Waals surface area (Å²) in [6.07, 6.45) is 0.259. The van der Waals surface area contributed by atoms with E-state index >= 15 is 0 Å². The maximum Gasteiger partial charge on any atom is 0.338 e. The zero-order valence-electron chi connectivity index (χ0n) is 8.86. The van der Waals surface area contributed by atoms with Crippen LogP contribution in [0.2, 0.25) is 0 Å².